The molecule has 0 aromatic carbocycles. The maximum absolute atomic E-state index is 11.4. The van der Waals surface area contributed by atoms with Crippen molar-refractivity contribution in [2.45, 2.75) is 32.0 Å². The Morgan fingerprint density at radius 2 is 2.14 bits per heavy atom. The van der Waals surface area contributed by atoms with Crippen LogP contribution in [0.2, 0.25) is 0 Å². The number of hydrogen-bond acceptors (Lipinski definition) is 5. The molecule has 0 aliphatic heterocycles. The van der Waals surface area contributed by atoms with Crippen LogP contribution in [0.1, 0.15) is 19.8 Å². The van der Waals surface area contributed by atoms with Crippen LogP contribution in [-0.2, 0) is 14.3 Å². The van der Waals surface area contributed by atoms with Crippen LogP contribution in [-0.4, -0.2) is 40.9 Å². The summed E-state index contributed by atoms with van der Waals surface area (Å²) < 4.78 is 4.84. The third kappa shape index (κ3) is 5.45. The summed E-state index contributed by atoms with van der Waals surface area (Å²) in [4.78, 5) is 21.7. The summed E-state index contributed by atoms with van der Waals surface area (Å²) in [6.07, 6.45) is 6.93. The molecule has 0 bridgehead atoms. The second-order valence-electron chi connectivity index (χ2n) is 5.34. The molecule has 0 aromatic rings. The van der Waals surface area contributed by atoms with Gasteiger partial charge in [0.2, 0.25) is 0 Å². The van der Waals surface area contributed by atoms with Crippen LogP contribution in [0.4, 0.5) is 0 Å². The van der Waals surface area contributed by atoms with E-state index in [0.717, 1.165) is 0 Å². The van der Waals surface area contributed by atoms with Gasteiger partial charge in [-0.15, -0.1) is 0 Å². The zero-order chi connectivity index (χ0) is 16.5. The van der Waals surface area contributed by atoms with Gasteiger partial charge in [-0.3, -0.25) is 0 Å². The van der Waals surface area contributed by atoms with Crippen molar-refractivity contribution in [3.63, 3.8) is 0 Å². The fourth-order valence-electron chi connectivity index (χ4n) is 2.57. The summed E-state index contributed by atoms with van der Waals surface area (Å²) in [7, 11) is 0. The first-order chi connectivity index (χ1) is 10.5. The lowest BCUT2D eigenvalue weighted by Crippen LogP contribution is -2.19. The van der Waals surface area contributed by atoms with Gasteiger partial charge in [-0.1, -0.05) is 24.8 Å². The number of aliphatic hydroxyl groups is 2. The Hall–Kier alpha value is -1.94. The van der Waals surface area contributed by atoms with Crippen molar-refractivity contribution in [3.05, 3.63) is 42.5 Å². The monoisotopic (exact) mass is 306 g/mol. The van der Waals surface area contributed by atoms with E-state index in [1.54, 1.807) is 25.0 Å². The van der Waals surface area contributed by atoms with E-state index in [0.29, 0.717) is 12.0 Å². The lowest BCUT2D eigenvalue weighted by atomic mass is 9.90. The van der Waals surface area contributed by atoms with Gasteiger partial charge in [0.05, 0.1) is 12.2 Å². The maximum atomic E-state index is 11.4. The molecule has 0 amide bonds. The molecule has 4 unspecified atom stereocenters. The number of ether oxygens (including phenoxy) is 1. The van der Waals surface area contributed by atoms with Crippen LogP contribution >= 0.6 is 0 Å². The van der Waals surface area contributed by atoms with Crippen molar-refractivity contribution in [2.75, 3.05) is 6.61 Å². The molecule has 0 heterocycles. The summed E-state index contributed by atoms with van der Waals surface area (Å²) in [6.45, 7) is 5.35. The molecular weight excluding hydrogens is 284 g/mol. The largest absolute Gasteiger partial charge is 0.458 e. The summed E-state index contributed by atoms with van der Waals surface area (Å²) in [5, 5.41) is 19.9. The summed E-state index contributed by atoms with van der Waals surface area (Å²) in [5.74, 6) is 0.725. The minimum atomic E-state index is -0.670. The third-order valence-electron chi connectivity index (χ3n) is 3.66. The second kappa shape index (κ2) is 9.15. The van der Waals surface area contributed by atoms with Crippen LogP contribution < -0.4 is 0 Å². The van der Waals surface area contributed by atoms with Gasteiger partial charge < -0.3 is 14.9 Å². The first-order valence-electron chi connectivity index (χ1n) is 7.19. The number of hydrogen-bond donors (Lipinski definition) is 2. The fourth-order valence-corrected chi connectivity index (χ4v) is 2.57. The molecule has 1 saturated carbocycles. The minimum Gasteiger partial charge on any atom is -0.458 e. The van der Waals surface area contributed by atoms with Crippen LogP contribution in [0.3, 0.4) is 0 Å². The number of allylic oxidation sites excluding steroid dienone is 3. The molecule has 4 atom stereocenters. The van der Waals surface area contributed by atoms with Gasteiger partial charge in [-0.25, -0.2) is 9.59 Å². The van der Waals surface area contributed by atoms with E-state index in [1.807, 2.05) is 0 Å². The summed E-state index contributed by atoms with van der Waals surface area (Å²) >= 11 is 0. The lowest BCUT2D eigenvalue weighted by molar-refractivity contribution is -0.136. The van der Waals surface area contributed by atoms with E-state index in [2.05, 4.69) is 6.58 Å². The average Bonchev–Trinajstić information content (AvgIpc) is 2.74. The number of rotatable bonds is 7. The Morgan fingerprint density at radius 1 is 1.41 bits per heavy atom. The first-order valence-corrected chi connectivity index (χ1v) is 7.19. The van der Waals surface area contributed by atoms with Gasteiger partial charge in [0.15, 0.2) is 0 Å². The van der Waals surface area contributed by atoms with Gasteiger partial charge in [0, 0.05) is 24.5 Å². The van der Waals surface area contributed by atoms with E-state index in [-0.39, 0.29) is 24.9 Å². The standard InChI is InChI=1S/C17H22O5/c1-3-9-22-17(21)10-12(2)6-7-14-13(5-4-8-18)15(19)11-16(14)20/h3-4,6-7,10,13-16,19-20H,1,5,9,11H2,2H3. The molecule has 1 aliphatic carbocycles. The van der Waals surface area contributed by atoms with Crippen molar-refractivity contribution in [3.8, 4) is 0 Å². The third-order valence-corrected chi connectivity index (χ3v) is 3.66. The van der Waals surface area contributed by atoms with Crippen LogP contribution in [0.25, 0.3) is 0 Å². The lowest BCUT2D eigenvalue weighted by Gasteiger charge is -2.18. The molecule has 5 heteroatoms. The van der Waals surface area contributed by atoms with Crippen LogP contribution in [0.5, 0.6) is 0 Å². The highest BCUT2D eigenvalue weighted by molar-refractivity contribution is 5.83. The molecule has 0 spiro atoms. The van der Waals surface area contributed by atoms with E-state index in [9.17, 15) is 19.8 Å². The van der Waals surface area contributed by atoms with Crippen molar-refractivity contribution in [1.29, 1.82) is 0 Å². The number of carbonyl (C=O) groups excluding carboxylic acids is 2. The molecule has 0 radical (unpaired) electrons. The maximum Gasteiger partial charge on any atom is 0.331 e. The Labute approximate surface area is 130 Å². The zero-order valence-corrected chi connectivity index (χ0v) is 12.6. The van der Waals surface area contributed by atoms with E-state index in [1.165, 1.54) is 18.2 Å². The van der Waals surface area contributed by atoms with Gasteiger partial charge >= 0.3 is 5.97 Å². The van der Waals surface area contributed by atoms with E-state index >= 15 is 0 Å². The van der Waals surface area contributed by atoms with Crippen molar-refractivity contribution in [2.24, 2.45) is 11.8 Å². The molecule has 5 nitrogen and oxygen atoms in total. The van der Waals surface area contributed by atoms with Crippen LogP contribution in [0.15, 0.2) is 42.5 Å². The molecule has 0 aromatic heterocycles. The topological polar surface area (TPSA) is 83.8 Å². The molecule has 22 heavy (non-hydrogen) atoms. The molecule has 120 valence electrons. The summed E-state index contributed by atoms with van der Waals surface area (Å²) in [6, 6.07) is 0. The smallest absolute Gasteiger partial charge is 0.331 e. The molecule has 1 rings (SSSR count). The number of aliphatic hydroxyl groups excluding tert-OH is 2. The average molecular weight is 306 g/mol. The van der Waals surface area contributed by atoms with Crippen molar-refractivity contribution >= 4 is 11.9 Å². The van der Waals surface area contributed by atoms with E-state index < -0.39 is 18.2 Å². The normalized spacial score (nSPS) is 28.4. The highest BCUT2D eigenvalue weighted by atomic mass is 16.5. The zero-order valence-electron chi connectivity index (χ0n) is 12.6. The Bertz CT molecular complexity index is 499. The predicted molar refractivity (Wildman–Crippen MR) is 82.5 cm³/mol. The first kappa shape index (κ1) is 18.1. The highest BCUT2D eigenvalue weighted by Gasteiger charge is 2.39. The van der Waals surface area contributed by atoms with Crippen molar-refractivity contribution in [1.82, 2.24) is 0 Å². The van der Waals surface area contributed by atoms with Gasteiger partial charge in [-0.2, -0.15) is 0 Å². The molecular formula is C17H22O5. The molecule has 2 N–H and O–H groups in total. The molecule has 1 aliphatic rings. The highest BCUT2D eigenvalue weighted by Crippen LogP contribution is 2.36. The quantitative estimate of drug-likeness (QED) is 0.244. The molecule has 1 fully saturated rings. The van der Waals surface area contributed by atoms with Gasteiger partial charge in [0.25, 0.3) is 0 Å². The number of carbonyl (C=O) groups is 1. The second-order valence-corrected chi connectivity index (χ2v) is 5.34. The van der Waals surface area contributed by atoms with Crippen LogP contribution in [0, 0.1) is 11.8 Å². The SMILES string of the molecule is C=CCOC(=O)C=C(C)C=CC1C(O)CC(O)C1CC=C=O. The van der Waals surface area contributed by atoms with Gasteiger partial charge in [-0.05, 0) is 24.8 Å². The Balaban J connectivity index is 2.72. The van der Waals surface area contributed by atoms with Crippen molar-refractivity contribution < 1.29 is 24.5 Å². The predicted octanol–water partition coefficient (Wildman–Crippen LogP) is 1.35. The number of esters is 1. The fraction of sp³-hybridized carbons (Fsp3) is 0.471. The molecule has 0 saturated heterocycles. The minimum absolute atomic E-state index is 0.153. The summed E-state index contributed by atoms with van der Waals surface area (Å²) in [5.41, 5.74) is 0.673. The Morgan fingerprint density at radius 3 is 2.77 bits per heavy atom. The Kier molecular flexibility index (Phi) is 7.54. The van der Waals surface area contributed by atoms with E-state index in [4.69, 9.17) is 4.74 Å². The van der Waals surface area contributed by atoms with Gasteiger partial charge in [0.1, 0.15) is 12.5 Å².